The van der Waals surface area contributed by atoms with Crippen LogP contribution in [0.1, 0.15) is 35.0 Å². The molecule has 0 bridgehead atoms. The Labute approximate surface area is 103 Å². The first-order valence-corrected chi connectivity index (χ1v) is 5.62. The third kappa shape index (κ3) is 2.86. The summed E-state index contributed by atoms with van der Waals surface area (Å²) in [5.41, 5.74) is 0.147. The van der Waals surface area contributed by atoms with Crippen molar-refractivity contribution in [2.24, 2.45) is 0 Å². The van der Waals surface area contributed by atoms with Crippen LogP contribution in [-0.2, 0) is 9.53 Å². The van der Waals surface area contributed by atoms with Gasteiger partial charge in [0.25, 0.3) is 5.91 Å². The number of ether oxygens (including phenoxy) is 1. The minimum Gasteiger partial charge on any atom is -0.467 e. The Balaban J connectivity index is 1.85. The molecule has 1 aromatic heterocycles. The molecular weight excluding hydrogens is 240 g/mol. The lowest BCUT2D eigenvalue weighted by Gasteiger charge is -2.08. The van der Waals surface area contributed by atoms with Crippen LogP contribution in [0.3, 0.4) is 0 Å². The number of methoxy groups -OCH3 is 1. The molecule has 7 heteroatoms. The molecule has 1 aliphatic carbocycles. The SMILES string of the molecule is COC(=O)C(O)CNC(=O)c1cc(C2CC2)on1. The predicted octanol–water partition coefficient (Wildman–Crippen LogP) is -0.184. The number of carbonyl (C=O) groups excluding carboxylic acids is 2. The largest absolute Gasteiger partial charge is 0.467 e. The molecule has 0 aliphatic heterocycles. The van der Waals surface area contributed by atoms with Gasteiger partial charge in [-0.15, -0.1) is 0 Å². The number of hydrogen-bond donors (Lipinski definition) is 2. The monoisotopic (exact) mass is 254 g/mol. The van der Waals surface area contributed by atoms with E-state index in [1.54, 1.807) is 6.07 Å². The van der Waals surface area contributed by atoms with Crippen molar-refractivity contribution < 1.29 is 24.0 Å². The number of amides is 1. The molecule has 0 spiro atoms. The van der Waals surface area contributed by atoms with E-state index in [1.165, 1.54) is 0 Å². The highest BCUT2D eigenvalue weighted by Crippen LogP contribution is 2.40. The summed E-state index contributed by atoms with van der Waals surface area (Å²) in [7, 11) is 1.16. The Morgan fingerprint density at radius 1 is 1.67 bits per heavy atom. The van der Waals surface area contributed by atoms with Gasteiger partial charge < -0.3 is 19.7 Å². The normalized spacial score (nSPS) is 16.1. The summed E-state index contributed by atoms with van der Waals surface area (Å²) in [5, 5.41) is 15.3. The lowest BCUT2D eigenvalue weighted by molar-refractivity contribution is -0.149. The van der Waals surface area contributed by atoms with Crippen molar-refractivity contribution >= 4 is 11.9 Å². The zero-order valence-electron chi connectivity index (χ0n) is 9.88. The maximum Gasteiger partial charge on any atom is 0.336 e. The lowest BCUT2D eigenvalue weighted by atomic mass is 10.2. The predicted molar refractivity (Wildman–Crippen MR) is 58.8 cm³/mol. The Morgan fingerprint density at radius 2 is 2.39 bits per heavy atom. The molecule has 1 unspecified atom stereocenters. The van der Waals surface area contributed by atoms with Gasteiger partial charge in [0.1, 0.15) is 5.76 Å². The van der Waals surface area contributed by atoms with Gasteiger partial charge in [-0.25, -0.2) is 4.79 Å². The summed E-state index contributed by atoms with van der Waals surface area (Å²) in [6.07, 6.45) is 0.725. The van der Waals surface area contributed by atoms with Crippen molar-refractivity contribution in [3.05, 3.63) is 17.5 Å². The van der Waals surface area contributed by atoms with Crippen LogP contribution in [0.15, 0.2) is 10.6 Å². The van der Waals surface area contributed by atoms with E-state index in [-0.39, 0.29) is 12.2 Å². The van der Waals surface area contributed by atoms with E-state index in [0.29, 0.717) is 11.7 Å². The quantitative estimate of drug-likeness (QED) is 0.706. The first-order chi connectivity index (χ1) is 8.61. The summed E-state index contributed by atoms with van der Waals surface area (Å²) in [6.45, 7) is -0.225. The number of hydrogen-bond acceptors (Lipinski definition) is 6. The molecule has 7 nitrogen and oxygen atoms in total. The van der Waals surface area contributed by atoms with Crippen LogP contribution in [0.4, 0.5) is 0 Å². The number of nitrogens with one attached hydrogen (secondary N) is 1. The summed E-state index contributed by atoms with van der Waals surface area (Å²) in [5.74, 6) is -0.212. The molecule has 18 heavy (non-hydrogen) atoms. The Hall–Kier alpha value is -1.89. The fourth-order valence-corrected chi connectivity index (χ4v) is 1.46. The molecule has 1 amide bonds. The Bertz CT molecular complexity index is 452. The number of aromatic nitrogens is 1. The van der Waals surface area contributed by atoms with Gasteiger partial charge in [-0.2, -0.15) is 0 Å². The standard InChI is InChI=1S/C11H14N2O5/c1-17-11(16)8(14)5-12-10(15)7-4-9(18-13-7)6-2-3-6/h4,6,8,14H,2-3,5H2,1H3,(H,12,15). The highest BCUT2D eigenvalue weighted by atomic mass is 16.5. The highest BCUT2D eigenvalue weighted by Gasteiger charge is 2.29. The van der Waals surface area contributed by atoms with Gasteiger partial charge >= 0.3 is 5.97 Å². The van der Waals surface area contributed by atoms with E-state index in [1.807, 2.05) is 0 Å². The van der Waals surface area contributed by atoms with Crippen molar-refractivity contribution in [2.75, 3.05) is 13.7 Å². The number of aliphatic hydroxyl groups is 1. The average molecular weight is 254 g/mol. The molecule has 1 aliphatic rings. The van der Waals surface area contributed by atoms with Crippen LogP contribution in [0.5, 0.6) is 0 Å². The van der Waals surface area contributed by atoms with Crippen molar-refractivity contribution in [3.8, 4) is 0 Å². The van der Waals surface area contributed by atoms with Gasteiger partial charge in [-0.3, -0.25) is 4.79 Å². The van der Waals surface area contributed by atoms with Crippen molar-refractivity contribution in [1.29, 1.82) is 0 Å². The van der Waals surface area contributed by atoms with Gasteiger partial charge in [-0.05, 0) is 12.8 Å². The Kier molecular flexibility index (Phi) is 3.61. The average Bonchev–Trinajstić information content (AvgIpc) is 3.12. The zero-order valence-corrected chi connectivity index (χ0v) is 9.88. The summed E-state index contributed by atoms with van der Waals surface area (Å²) >= 11 is 0. The second kappa shape index (κ2) is 5.18. The van der Waals surface area contributed by atoms with E-state index < -0.39 is 18.0 Å². The number of nitrogens with zero attached hydrogens (tertiary/aromatic N) is 1. The van der Waals surface area contributed by atoms with Gasteiger partial charge in [0.2, 0.25) is 0 Å². The molecule has 1 heterocycles. The minimum atomic E-state index is -1.38. The molecular formula is C11H14N2O5. The fraction of sp³-hybridized carbons (Fsp3) is 0.545. The number of esters is 1. The molecule has 1 aromatic rings. The van der Waals surface area contributed by atoms with Gasteiger partial charge in [0, 0.05) is 12.0 Å². The smallest absolute Gasteiger partial charge is 0.336 e. The third-order valence-corrected chi connectivity index (χ3v) is 2.67. The van der Waals surface area contributed by atoms with E-state index in [9.17, 15) is 14.7 Å². The van der Waals surface area contributed by atoms with E-state index in [4.69, 9.17) is 4.52 Å². The summed E-state index contributed by atoms with van der Waals surface area (Å²) in [6, 6.07) is 1.58. The molecule has 1 fully saturated rings. The lowest BCUT2D eigenvalue weighted by Crippen LogP contribution is -2.37. The molecule has 0 saturated heterocycles. The summed E-state index contributed by atoms with van der Waals surface area (Å²) < 4.78 is 9.34. The van der Waals surface area contributed by atoms with Gasteiger partial charge in [-0.1, -0.05) is 5.16 Å². The van der Waals surface area contributed by atoms with Crippen LogP contribution in [0, 0.1) is 0 Å². The van der Waals surface area contributed by atoms with Crippen LogP contribution < -0.4 is 5.32 Å². The van der Waals surface area contributed by atoms with Crippen molar-refractivity contribution in [2.45, 2.75) is 24.9 Å². The molecule has 2 rings (SSSR count). The molecule has 1 atom stereocenters. The van der Waals surface area contributed by atoms with Gasteiger partial charge in [0.05, 0.1) is 13.7 Å². The molecule has 0 aromatic carbocycles. The first-order valence-electron chi connectivity index (χ1n) is 5.62. The van der Waals surface area contributed by atoms with Crippen molar-refractivity contribution in [3.63, 3.8) is 0 Å². The van der Waals surface area contributed by atoms with Crippen LogP contribution in [-0.4, -0.2) is 41.9 Å². The number of rotatable bonds is 5. The zero-order chi connectivity index (χ0) is 13.1. The summed E-state index contributed by atoms with van der Waals surface area (Å²) in [4.78, 5) is 22.5. The molecule has 2 N–H and O–H groups in total. The molecule has 1 saturated carbocycles. The van der Waals surface area contributed by atoms with Crippen LogP contribution in [0.25, 0.3) is 0 Å². The first kappa shape index (κ1) is 12.6. The third-order valence-electron chi connectivity index (χ3n) is 2.67. The maximum absolute atomic E-state index is 11.6. The van der Waals surface area contributed by atoms with Gasteiger partial charge in [0.15, 0.2) is 11.8 Å². The molecule has 98 valence electrons. The van der Waals surface area contributed by atoms with Crippen LogP contribution >= 0.6 is 0 Å². The highest BCUT2D eigenvalue weighted by molar-refractivity contribution is 5.92. The Morgan fingerprint density at radius 3 is 3.00 bits per heavy atom. The van der Waals surface area contributed by atoms with E-state index >= 15 is 0 Å². The maximum atomic E-state index is 11.6. The number of carbonyl (C=O) groups is 2. The number of aliphatic hydroxyl groups excluding tert-OH is 1. The second-order valence-corrected chi connectivity index (χ2v) is 4.14. The minimum absolute atomic E-state index is 0.147. The topological polar surface area (TPSA) is 102 Å². The van der Waals surface area contributed by atoms with E-state index in [2.05, 4.69) is 15.2 Å². The molecule has 0 radical (unpaired) electrons. The second-order valence-electron chi connectivity index (χ2n) is 4.14. The van der Waals surface area contributed by atoms with Crippen LogP contribution in [0.2, 0.25) is 0 Å². The van der Waals surface area contributed by atoms with E-state index in [0.717, 1.165) is 20.0 Å². The van der Waals surface area contributed by atoms with Crippen molar-refractivity contribution in [1.82, 2.24) is 10.5 Å². The fourth-order valence-electron chi connectivity index (χ4n) is 1.46.